The number of rotatable bonds is 2. The van der Waals surface area contributed by atoms with E-state index in [-0.39, 0.29) is 11.9 Å². The summed E-state index contributed by atoms with van der Waals surface area (Å²) < 4.78 is 7.69. The lowest BCUT2D eigenvalue weighted by Crippen LogP contribution is -2.44. The smallest absolute Gasteiger partial charge is 0.262 e. The van der Waals surface area contributed by atoms with E-state index in [1.807, 2.05) is 28.9 Å². The first-order valence-corrected chi connectivity index (χ1v) is 8.36. The summed E-state index contributed by atoms with van der Waals surface area (Å²) in [4.78, 5) is 17.9. The highest BCUT2D eigenvalue weighted by Crippen LogP contribution is 2.35. The highest BCUT2D eigenvalue weighted by molar-refractivity contribution is 7.99. The molecular formula is C15H16N4O2S. The van der Waals surface area contributed by atoms with Gasteiger partial charge in [-0.25, -0.2) is 9.67 Å². The van der Waals surface area contributed by atoms with Crippen LogP contribution in [0.1, 0.15) is 24.7 Å². The molecule has 114 valence electrons. The van der Waals surface area contributed by atoms with Gasteiger partial charge in [-0.15, -0.1) is 11.8 Å². The van der Waals surface area contributed by atoms with Crippen LogP contribution < -0.4 is 10.1 Å². The van der Waals surface area contributed by atoms with E-state index in [2.05, 4.69) is 15.4 Å². The van der Waals surface area contributed by atoms with Gasteiger partial charge < -0.3 is 10.1 Å². The molecule has 1 amide bonds. The lowest BCUT2D eigenvalue weighted by Gasteiger charge is -2.28. The Kier molecular flexibility index (Phi) is 3.49. The summed E-state index contributed by atoms with van der Waals surface area (Å²) in [5, 5.41) is 7.24. The van der Waals surface area contributed by atoms with E-state index in [1.165, 1.54) is 0 Å². The Morgan fingerprint density at radius 3 is 3.27 bits per heavy atom. The molecule has 1 aromatic carbocycles. The number of para-hydroxylation sites is 1. The van der Waals surface area contributed by atoms with Crippen LogP contribution in [0.15, 0.2) is 35.5 Å². The first kappa shape index (κ1) is 13.6. The average Bonchev–Trinajstić information content (AvgIpc) is 3.04. The van der Waals surface area contributed by atoms with Crippen LogP contribution in [0.3, 0.4) is 0 Å². The molecule has 2 aromatic rings. The zero-order chi connectivity index (χ0) is 14.9. The van der Waals surface area contributed by atoms with Gasteiger partial charge in [0.2, 0.25) is 0 Å². The summed E-state index contributed by atoms with van der Waals surface area (Å²) in [5.74, 6) is 2.17. The van der Waals surface area contributed by atoms with Gasteiger partial charge in [0, 0.05) is 17.2 Å². The number of ether oxygens (including phenoxy) is 1. The van der Waals surface area contributed by atoms with Crippen molar-refractivity contribution in [2.45, 2.75) is 36.4 Å². The van der Waals surface area contributed by atoms with Crippen LogP contribution in [0.5, 0.6) is 5.75 Å². The molecule has 2 aliphatic heterocycles. The van der Waals surface area contributed by atoms with E-state index >= 15 is 0 Å². The molecule has 1 aromatic heterocycles. The fraction of sp³-hybridized carbons (Fsp3) is 0.400. The SMILES string of the molecule is O=C(N[C@@H]1CCCn2ncnc21)[C@H]1CSc2ccccc2O1. The van der Waals surface area contributed by atoms with Crippen molar-refractivity contribution in [1.29, 1.82) is 0 Å². The number of hydrogen-bond acceptors (Lipinski definition) is 5. The van der Waals surface area contributed by atoms with Crippen LogP contribution >= 0.6 is 11.8 Å². The number of amides is 1. The third-order valence-corrected chi connectivity index (χ3v) is 5.06. The second-order valence-electron chi connectivity index (χ2n) is 5.41. The summed E-state index contributed by atoms with van der Waals surface area (Å²) in [6.07, 6.45) is 2.96. The number of nitrogens with one attached hydrogen (secondary N) is 1. The van der Waals surface area contributed by atoms with E-state index in [0.29, 0.717) is 5.75 Å². The van der Waals surface area contributed by atoms with E-state index in [9.17, 15) is 4.79 Å². The molecule has 3 heterocycles. The summed E-state index contributed by atoms with van der Waals surface area (Å²) in [5.41, 5.74) is 0. The minimum absolute atomic E-state index is 0.0745. The van der Waals surface area contributed by atoms with Gasteiger partial charge in [-0.1, -0.05) is 12.1 Å². The van der Waals surface area contributed by atoms with Crippen LogP contribution in [-0.2, 0) is 11.3 Å². The molecule has 1 N–H and O–H groups in total. The number of carbonyl (C=O) groups excluding carboxylic acids is 1. The van der Waals surface area contributed by atoms with Crippen LogP contribution in [0.4, 0.5) is 0 Å². The highest BCUT2D eigenvalue weighted by atomic mass is 32.2. The topological polar surface area (TPSA) is 69.0 Å². The molecule has 0 saturated heterocycles. The predicted molar refractivity (Wildman–Crippen MR) is 81.7 cm³/mol. The third-order valence-electron chi connectivity index (χ3n) is 3.94. The molecule has 0 aliphatic carbocycles. The Morgan fingerprint density at radius 2 is 2.32 bits per heavy atom. The summed E-state index contributed by atoms with van der Waals surface area (Å²) >= 11 is 1.66. The Balaban J connectivity index is 1.46. The van der Waals surface area contributed by atoms with Gasteiger partial charge >= 0.3 is 0 Å². The second kappa shape index (κ2) is 5.64. The number of thioether (sulfide) groups is 1. The standard InChI is InChI=1S/C15H16N4O2S/c20-15(12-8-22-13-6-2-1-5-11(13)21-12)18-10-4-3-7-19-14(10)16-9-17-19/h1-2,5-6,9-10,12H,3-4,7-8H2,(H,18,20)/t10-,12-/m1/s1. The van der Waals surface area contributed by atoms with Crippen molar-refractivity contribution in [2.75, 3.05) is 5.75 Å². The Labute approximate surface area is 132 Å². The van der Waals surface area contributed by atoms with Crippen molar-refractivity contribution in [3.63, 3.8) is 0 Å². The van der Waals surface area contributed by atoms with Gasteiger partial charge in [-0.2, -0.15) is 5.10 Å². The van der Waals surface area contributed by atoms with E-state index in [4.69, 9.17) is 4.74 Å². The van der Waals surface area contributed by atoms with Crippen LogP contribution in [-0.4, -0.2) is 32.5 Å². The van der Waals surface area contributed by atoms with Crippen molar-refractivity contribution < 1.29 is 9.53 Å². The molecule has 0 radical (unpaired) electrons. The number of aryl methyl sites for hydroxylation is 1. The minimum Gasteiger partial charge on any atom is -0.479 e. The van der Waals surface area contributed by atoms with Crippen LogP contribution in [0.25, 0.3) is 0 Å². The maximum atomic E-state index is 12.5. The maximum absolute atomic E-state index is 12.5. The van der Waals surface area contributed by atoms with Crippen molar-refractivity contribution in [3.05, 3.63) is 36.4 Å². The summed E-state index contributed by atoms with van der Waals surface area (Å²) in [6, 6.07) is 7.74. The maximum Gasteiger partial charge on any atom is 0.262 e. The lowest BCUT2D eigenvalue weighted by molar-refractivity contribution is -0.128. The van der Waals surface area contributed by atoms with E-state index in [0.717, 1.165) is 35.9 Å². The third kappa shape index (κ3) is 2.45. The zero-order valence-corrected chi connectivity index (χ0v) is 12.8. The fourth-order valence-electron chi connectivity index (χ4n) is 2.84. The van der Waals surface area contributed by atoms with Gasteiger partial charge in [-0.3, -0.25) is 4.79 Å². The minimum atomic E-state index is -0.460. The molecule has 2 atom stereocenters. The molecule has 0 unspecified atom stereocenters. The molecule has 2 aliphatic rings. The van der Waals surface area contributed by atoms with Crippen molar-refractivity contribution in [2.24, 2.45) is 0 Å². The first-order valence-electron chi connectivity index (χ1n) is 7.38. The van der Waals surface area contributed by atoms with E-state index < -0.39 is 6.10 Å². The van der Waals surface area contributed by atoms with Gasteiger partial charge in [0.15, 0.2) is 6.10 Å². The van der Waals surface area contributed by atoms with Crippen molar-refractivity contribution in [3.8, 4) is 5.75 Å². The second-order valence-corrected chi connectivity index (χ2v) is 6.47. The number of aromatic nitrogens is 3. The van der Waals surface area contributed by atoms with Crippen LogP contribution in [0, 0.1) is 0 Å². The molecule has 7 heteroatoms. The number of benzene rings is 1. The Hall–Kier alpha value is -2.02. The van der Waals surface area contributed by atoms with E-state index in [1.54, 1.807) is 18.1 Å². The van der Waals surface area contributed by atoms with Gasteiger partial charge in [0.1, 0.15) is 17.9 Å². The number of fused-ring (bicyclic) bond motifs is 2. The first-order chi connectivity index (χ1) is 10.8. The Bertz CT molecular complexity index is 702. The Morgan fingerprint density at radius 1 is 1.41 bits per heavy atom. The molecule has 4 rings (SSSR count). The quantitative estimate of drug-likeness (QED) is 0.914. The molecule has 0 bridgehead atoms. The van der Waals surface area contributed by atoms with Gasteiger partial charge in [0.05, 0.1) is 6.04 Å². The largest absolute Gasteiger partial charge is 0.479 e. The van der Waals surface area contributed by atoms with Crippen molar-refractivity contribution in [1.82, 2.24) is 20.1 Å². The average molecular weight is 316 g/mol. The molecule has 6 nitrogen and oxygen atoms in total. The number of hydrogen-bond donors (Lipinski definition) is 1. The zero-order valence-electron chi connectivity index (χ0n) is 11.9. The molecule has 0 spiro atoms. The normalized spacial score (nSPS) is 23.1. The van der Waals surface area contributed by atoms with Crippen LogP contribution in [0.2, 0.25) is 0 Å². The number of carbonyl (C=O) groups is 1. The number of nitrogens with zero attached hydrogens (tertiary/aromatic N) is 3. The van der Waals surface area contributed by atoms with Gasteiger partial charge in [0.25, 0.3) is 5.91 Å². The molecular weight excluding hydrogens is 300 g/mol. The summed E-state index contributed by atoms with van der Waals surface area (Å²) in [7, 11) is 0. The van der Waals surface area contributed by atoms with Gasteiger partial charge in [-0.05, 0) is 25.0 Å². The fourth-order valence-corrected chi connectivity index (χ4v) is 3.82. The monoisotopic (exact) mass is 316 g/mol. The molecule has 22 heavy (non-hydrogen) atoms. The lowest BCUT2D eigenvalue weighted by atomic mass is 10.1. The summed E-state index contributed by atoms with van der Waals surface area (Å²) in [6.45, 7) is 0.866. The predicted octanol–water partition coefficient (Wildman–Crippen LogP) is 1.78. The molecule has 0 saturated carbocycles. The highest BCUT2D eigenvalue weighted by Gasteiger charge is 2.30. The molecule has 0 fully saturated rings. The van der Waals surface area contributed by atoms with Crippen molar-refractivity contribution >= 4 is 17.7 Å².